The van der Waals surface area contributed by atoms with E-state index < -0.39 is 46.5 Å². The summed E-state index contributed by atoms with van der Waals surface area (Å²) in [5.74, 6) is -2.44. The number of aryl methyl sites for hydroxylation is 1. The van der Waals surface area contributed by atoms with E-state index in [1.165, 1.54) is 42.0 Å². The molecule has 2 atom stereocenters. The highest BCUT2D eigenvalue weighted by molar-refractivity contribution is 5.91. The van der Waals surface area contributed by atoms with Crippen molar-refractivity contribution in [3.05, 3.63) is 69.0 Å². The summed E-state index contributed by atoms with van der Waals surface area (Å²) in [5, 5.41) is 2.14. The molecule has 0 aliphatic carbocycles. The van der Waals surface area contributed by atoms with Gasteiger partial charge >= 0.3 is 17.8 Å². The summed E-state index contributed by atoms with van der Waals surface area (Å²) in [4.78, 5) is 50.3. The Morgan fingerprint density at radius 3 is 2.35 bits per heavy atom. The molecule has 12 heteroatoms. The van der Waals surface area contributed by atoms with Crippen molar-refractivity contribution < 1.29 is 32.2 Å². The summed E-state index contributed by atoms with van der Waals surface area (Å²) < 4.78 is 53.2. The first-order chi connectivity index (χ1) is 16.1. The Hall–Kier alpha value is -3.41. The van der Waals surface area contributed by atoms with Crippen molar-refractivity contribution in [3.8, 4) is 0 Å². The van der Waals surface area contributed by atoms with E-state index in [4.69, 9.17) is 9.47 Å². The monoisotopic (exact) mass is 485 g/mol. The second kappa shape index (κ2) is 11.6. The maximum Gasteiger partial charge on any atom is 0.430 e. The number of carbonyl (C=O) groups is 2. The fraction of sp³-hybridized carbons (Fsp3) is 0.455. The minimum Gasteiger partial charge on any atom is -0.464 e. The van der Waals surface area contributed by atoms with Crippen LogP contribution in [0.2, 0.25) is 0 Å². The molecule has 1 heterocycles. The molecule has 1 unspecified atom stereocenters. The SMILES string of the molecule is CCOC(=O)C(CCCCn1ccc(=O)[nH]c1=O)NC(=O)[C@@](OC)(c1ccccc1)C(F)(F)F. The quantitative estimate of drug-likeness (QED) is 0.370. The molecule has 0 saturated heterocycles. The van der Waals surface area contributed by atoms with E-state index in [2.05, 4.69) is 10.3 Å². The van der Waals surface area contributed by atoms with Gasteiger partial charge in [-0.3, -0.25) is 14.6 Å². The number of halogens is 3. The lowest BCUT2D eigenvalue weighted by Crippen LogP contribution is -2.58. The number of hydrogen-bond acceptors (Lipinski definition) is 6. The fourth-order valence-corrected chi connectivity index (χ4v) is 3.43. The van der Waals surface area contributed by atoms with Gasteiger partial charge in [-0.1, -0.05) is 30.3 Å². The number of amides is 1. The van der Waals surface area contributed by atoms with Crippen LogP contribution in [0.1, 0.15) is 31.7 Å². The van der Waals surface area contributed by atoms with Gasteiger partial charge in [0.15, 0.2) is 0 Å². The number of nitrogens with zero attached hydrogens (tertiary/aromatic N) is 1. The largest absolute Gasteiger partial charge is 0.464 e. The first kappa shape index (κ1) is 26.8. The molecule has 0 aliphatic rings. The van der Waals surface area contributed by atoms with E-state index in [-0.39, 0.29) is 26.0 Å². The third-order valence-corrected chi connectivity index (χ3v) is 5.12. The Balaban J connectivity index is 2.19. The molecule has 1 aromatic carbocycles. The van der Waals surface area contributed by atoms with Crippen molar-refractivity contribution in [1.82, 2.24) is 14.9 Å². The van der Waals surface area contributed by atoms with Gasteiger partial charge in [-0.15, -0.1) is 0 Å². The maximum atomic E-state index is 14.1. The van der Waals surface area contributed by atoms with Crippen LogP contribution in [0.3, 0.4) is 0 Å². The van der Waals surface area contributed by atoms with Crippen molar-refractivity contribution >= 4 is 11.9 Å². The van der Waals surface area contributed by atoms with Crippen LogP contribution in [-0.4, -0.2) is 47.4 Å². The molecular formula is C22H26F3N3O6. The number of carbonyl (C=O) groups excluding carboxylic acids is 2. The Morgan fingerprint density at radius 1 is 1.12 bits per heavy atom. The van der Waals surface area contributed by atoms with Crippen molar-refractivity contribution in [1.29, 1.82) is 0 Å². The average molecular weight is 485 g/mol. The lowest BCUT2D eigenvalue weighted by atomic mass is 9.91. The molecule has 0 aliphatic heterocycles. The number of unbranched alkanes of at least 4 members (excludes halogenated alkanes) is 1. The minimum atomic E-state index is -5.13. The number of ether oxygens (including phenoxy) is 2. The molecule has 2 N–H and O–H groups in total. The number of alkyl halides is 3. The van der Waals surface area contributed by atoms with E-state index in [1.807, 2.05) is 0 Å². The van der Waals surface area contributed by atoms with E-state index in [0.29, 0.717) is 6.42 Å². The van der Waals surface area contributed by atoms with E-state index >= 15 is 0 Å². The second-order valence-corrected chi connectivity index (χ2v) is 7.33. The smallest absolute Gasteiger partial charge is 0.430 e. The van der Waals surface area contributed by atoms with E-state index in [1.54, 1.807) is 0 Å². The number of aromatic amines is 1. The van der Waals surface area contributed by atoms with Crippen LogP contribution in [0.15, 0.2) is 52.2 Å². The van der Waals surface area contributed by atoms with Gasteiger partial charge < -0.3 is 19.4 Å². The molecule has 2 aromatic rings. The summed E-state index contributed by atoms with van der Waals surface area (Å²) in [7, 11) is 0.765. The standard InChI is InChI=1S/C22H26F3N3O6/c1-3-34-18(30)16(11-7-8-13-28-14-12-17(29)27-20(28)32)26-19(31)21(33-2,22(23,24)25)15-9-5-4-6-10-15/h4-6,9-10,12,14,16H,3,7-8,11,13H2,1-2H3,(H,26,31)(H,27,29,32)/t16?,21-/m0/s1. The normalized spacial score (nSPS) is 14.1. The van der Waals surface area contributed by atoms with Crippen LogP contribution in [0.4, 0.5) is 13.2 Å². The zero-order valence-electron chi connectivity index (χ0n) is 18.7. The number of aromatic nitrogens is 2. The van der Waals surface area contributed by atoms with Gasteiger partial charge in [0.1, 0.15) is 6.04 Å². The molecule has 1 aromatic heterocycles. The Kier molecular flexibility index (Phi) is 9.19. The molecule has 0 radical (unpaired) electrons. The van der Waals surface area contributed by atoms with Crippen LogP contribution < -0.4 is 16.6 Å². The maximum absolute atomic E-state index is 14.1. The fourth-order valence-electron chi connectivity index (χ4n) is 3.43. The summed E-state index contributed by atoms with van der Waals surface area (Å²) in [5.41, 5.74) is -4.93. The molecule has 9 nitrogen and oxygen atoms in total. The third-order valence-electron chi connectivity index (χ3n) is 5.12. The number of hydrogen-bond donors (Lipinski definition) is 2. The number of nitrogens with one attached hydrogen (secondary N) is 2. The predicted octanol–water partition coefficient (Wildman–Crippen LogP) is 1.86. The van der Waals surface area contributed by atoms with Crippen LogP contribution in [0, 0.1) is 0 Å². The van der Waals surface area contributed by atoms with Gasteiger partial charge in [0.25, 0.3) is 17.1 Å². The molecular weight excluding hydrogens is 459 g/mol. The van der Waals surface area contributed by atoms with Crippen LogP contribution in [0.5, 0.6) is 0 Å². The van der Waals surface area contributed by atoms with Crippen LogP contribution in [0.25, 0.3) is 0 Å². The summed E-state index contributed by atoms with van der Waals surface area (Å²) in [6, 6.07) is 6.19. The topological polar surface area (TPSA) is 119 Å². The molecule has 0 fully saturated rings. The van der Waals surface area contributed by atoms with Crippen molar-refractivity contribution in [2.45, 2.75) is 50.6 Å². The highest BCUT2D eigenvalue weighted by Gasteiger charge is 2.63. The highest BCUT2D eigenvalue weighted by atomic mass is 19.4. The van der Waals surface area contributed by atoms with Crippen molar-refractivity contribution in [3.63, 3.8) is 0 Å². The Labute approximate surface area is 192 Å². The molecule has 0 bridgehead atoms. The first-order valence-electron chi connectivity index (χ1n) is 10.5. The second-order valence-electron chi connectivity index (χ2n) is 7.33. The molecule has 186 valence electrons. The molecule has 0 spiro atoms. The number of H-pyrrole nitrogens is 1. The summed E-state index contributed by atoms with van der Waals surface area (Å²) >= 11 is 0. The van der Waals surface area contributed by atoms with E-state index in [9.17, 15) is 32.3 Å². The number of benzene rings is 1. The first-order valence-corrected chi connectivity index (χ1v) is 10.5. The summed E-state index contributed by atoms with van der Waals surface area (Å²) in [6.45, 7) is 1.68. The van der Waals surface area contributed by atoms with Gasteiger partial charge in [-0.05, 0) is 26.2 Å². The lowest BCUT2D eigenvalue weighted by molar-refractivity contribution is -0.266. The van der Waals surface area contributed by atoms with Crippen LogP contribution >= 0.6 is 0 Å². The van der Waals surface area contributed by atoms with Gasteiger partial charge in [0.2, 0.25) is 0 Å². The third kappa shape index (κ3) is 6.13. The predicted molar refractivity (Wildman–Crippen MR) is 115 cm³/mol. The Morgan fingerprint density at radius 2 is 1.79 bits per heavy atom. The van der Waals surface area contributed by atoms with Gasteiger partial charge in [-0.25, -0.2) is 9.59 Å². The average Bonchev–Trinajstić information content (AvgIpc) is 2.77. The van der Waals surface area contributed by atoms with Gasteiger partial charge in [0.05, 0.1) is 6.61 Å². The zero-order valence-corrected chi connectivity index (χ0v) is 18.7. The molecule has 0 saturated carbocycles. The number of rotatable bonds is 11. The summed E-state index contributed by atoms with van der Waals surface area (Å²) in [6.07, 6.45) is -3.27. The van der Waals surface area contributed by atoms with Crippen molar-refractivity contribution in [2.75, 3.05) is 13.7 Å². The number of methoxy groups -OCH3 is 1. The lowest BCUT2D eigenvalue weighted by Gasteiger charge is -2.34. The number of esters is 1. The minimum absolute atomic E-state index is 0.0364. The van der Waals surface area contributed by atoms with Crippen LogP contribution in [-0.2, 0) is 31.2 Å². The van der Waals surface area contributed by atoms with Crippen molar-refractivity contribution in [2.24, 2.45) is 0 Å². The van der Waals surface area contributed by atoms with Gasteiger partial charge in [-0.2, -0.15) is 13.2 Å². The molecule has 34 heavy (non-hydrogen) atoms. The Bertz CT molecular complexity index is 1080. The van der Waals surface area contributed by atoms with E-state index in [0.717, 1.165) is 19.2 Å². The molecule has 1 amide bonds. The van der Waals surface area contributed by atoms with Gasteiger partial charge in [0, 0.05) is 31.5 Å². The molecule has 2 rings (SSSR count). The highest BCUT2D eigenvalue weighted by Crippen LogP contribution is 2.42. The zero-order chi connectivity index (χ0) is 25.4.